The van der Waals surface area contributed by atoms with Crippen LogP contribution in [-0.2, 0) is 5.41 Å². The minimum atomic E-state index is -0.455. The second kappa shape index (κ2) is 9.68. The van der Waals surface area contributed by atoms with Crippen LogP contribution in [-0.4, -0.2) is 9.97 Å². The van der Waals surface area contributed by atoms with Crippen LogP contribution in [0.3, 0.4) is 0 Å². The summed E-state index contributed by atoms with van der Waals surface area (Å²) in [6.45, 7) is 0. The third kappa shape index (κ3) is 3.41. The van der Waals surface area contributed by atoms with Crippen molar-refractivity contribution in [1.29, 1.82) is 0 Å². The van der Waals surface area contributed by atoms with Crippen LogP contribution >= 0.6 is 11.3 Å². The van der Waals surface area contributed by atoms with Gasteiger partial charge in [0.15, 0.2) is 5.82 Å². The molecule has 10 rings (SSSR count). The average Bonchev–Trinajstić information content (AvgIpc) is 3.76. The molecule has 0 atom stereocenters. The Bertz CT molecular complexity index is 2370. The van der Waals surface area contributed by atoms with Crippen molar-refractivity contribution in [2.45, 2.75) is 5.41 Å². The fourth-order valence-electron chi connectivity index (χ4n) is 7.88. The van der Waals surface area contributed by atoms with Gasteiger partial charge in [0, 0.05) is 37.2 Å². The second-order valence-electron chi connectivity index (χ2n) is 12.1. The van der Waals surface area contributed by atoms with E-state index in [0.717, 1.165) is 33.9 Å². The number of rotatable bonds is 3. The van der Waals surface area contributed by atoms with Gasteiger partial charge >= 0.3 is 0 Å². The van der Waals surface area contributed by atoms with Crippen molar-refractivity contribution >= 4 is 21.4 Å². The minimum absolute atomic E-state index is 0.455. The molecule has 0 unspecified atom stereocenters. The van der Waals surface area contributed by atoms with Crippen molar-refractivity contribution in [2.24, 2.45) is 0 Å². The van der Waals surface area contributed by atoms with E-state index in [2.05, 4.69) is 152 Å². The molecule has 0 amide bonds. The van der Waals surface area contributed by atoms with Crippen LogP contribution < -0.4 is 0 Å². The quantitative estimate of drug-likeness (QED) is 0.201. The Labute approximate surface area is 271 Å². The zero-order valence-electron chi connectivity index (χ0n) is 24.8. The van der Waals surface area contributed by atoms with E-state index in [4.69, 9.17) is 9.97 Å². The van der Waals surface area contributed by atoms with E-state index in [9.17, 15) is 0 Å². The Hall–Kier alpha value is -5.64. The first kappa shape index (κ1) is 25.7. The van der Waals surface area contributed by atoms with Gasteiger partial charge in [-0.25, -0.2) is 9.97 Å². The Morgan fingerprint density at radius 3 is 1.76 bits per heavy atom. The third-order valence-corrected chi connectivity index (χ3v) is 11.0. The van der Waals surface area contributed by atoms with Gasteiger partial charge in [0.1, 0.15) is 0 Å². The van der Waals surface area contributed by atoms with Crippen LogP contribution in [0.1, 0.15) is 21.6 Å². The lowest BCUT2D eigenvalue weighted by atomic mass is 9.72. The van der Waals surface area contributed by atoms with Crippen molar-refractivity contribution in [2.75, 3.05) is 0 Å². The van der Waals surface area contributed by atoms with Crippen molar-refractivity contribution in [3.8, 4) is 56.2 Å². The van der Waals surface area contributed by atoms with E-state index in [1.807, 2.05) is 17.4 Å². The smallest absolute Gasteiger partial charge is 0.160 e. The summed E-state index contributed by atoms with van der Waals surface area (Å²) in [4.78, 5) is 11.9. The molecular formula is C43H26N2S. The molecule has 8 aromatic rings. The molecule has 0 saturated heterocycles. The molecule has 3 heteroatoms. The largest absolute Gasteiger partial charge is 0.228 e. The molecular weight excluding hydrogens is 577 g/mol. The first-order chi connectivity index (χ1) is 22.8. The van der Waals surface area contributed by atoms with E-state index < -0.39 is 5.41 Å². The highest BCUT2D eigenvalue weighted by Gasteiger charge is 2.54. The maximum atomic E-state index is 5.35. The van der Waals surface area contributed by atoms with Crippen LogP contribution in [0.2, 0.25) is 0 Å². The Morgan fingerprint density at radius 2 is 1.02 bits per heavy atom. The maximum Gasteiger partial charge on any atom is 0.160 e. The van der Waals surface area contributed by atoms with Gasteiger partial charge in [0.25, 0.3) is 0 Å². The molecule has 2 aliphatic carbocycles. The maximum absolute atomic E-state index is 5.35. The standard InChI is InChI=1S/C43H26N2S/c1-3-14-27(15-4-1)36-26-37(45-42(44-36)28-16-5-2-6-17-28)31-21-13-22-33-39-32-20-9-12-25-38(32)46-41(39)43(40(31)33)34-23-10-7-18-29(34)30-19-8-11-24-35(30)43/h1-26H. The molecule has 2 aromatic heterocycles. The fourth-order valence-corrected chi connectivity index (χ4v) is 9.32. The lowest BCUT2D eigenvalue weighted by Gasteiger charge is -2.31. The van der Waals surface area contributed by atoms with E-state index in [1.54, 1.807) is 0 Å². The number of benzene rings is 6. The number of aromatic nitrogens is 2. The number of nitrogens with zero attached hydrogens (tertiary/aromatic N) is 2. The normalized spacial score (nSPS) is 13.4. The molecule has 0 radical (unpaired) electrons. The van der Waals surface area contributed by atoms with Gasteiger partial charge in [-0.3, -0.25) is 0 Å². The van der Waals surface area contributed by atoms with Crippen molar-refractivity contribution < 1.29 is 0 Å². The molecule has 2 nitrogen and oxygen atoms in total. The SMILES string of the molecule is c1ccc(-c2cc(-c3cccc4c3C3(c5ccccc5-c5ccccc53)c3sc5ccccc5c3-4)nc(-c3ccccc3)n2)cc1. The highest BCUT2D eigenvalue weighted by molar-refractivity contribution is 7.20. The predicted molar refractivity (Wildman–Crippen MR) is 190 cm³/mol. The zero-order valence-corrected chi connectivity index (χ0v) is 25.6. The van der Waals surface area contributed by atoms with Gasteiger partial charge in [0.2, 0.25) is 0 Å². The lowest BCUT2D eigenvalue weighted by Crippen LogP contribution is -2.26. The summed E-state index contributed by atoms with van der Waals surface area (Å²) in [6.07, 6.45) is 0. The molecule has 6 aromatic carbocycles. The molecule has 0 fully saturated rings. The molecule has 2 heterocycles. The molecule has 0 N–H and O–H groups in total. The van der Waals surface area contributed by atoms with Crippen molar-refractivity contribution in [3.05, 3.63) is 179 Å². The van der Waals surface area contributed by atoms with Gasteiger partial charge in [0.05, 0.1) is 16.8 Å². The molecule has 0 bridgehead atoms. The zero-order chi connectivity index (χ0) is 30.2. The number of hydrogen-bond donors (Lipinski definition) is 0. The lowest BCUT2D eigenvalue weighted by molar-refractivity contribution is 0.813. The van der Waals surface area contributed by atoms with Gasteiger partial charge in [-0.1, -0.05) is 146 Å². The molecule has 2 aliphatic rings. The van der Waals surface area contributed by atoms with Gasteiger partial charge in [-0.2, -0.15) is 0 Å². The van der Waals surface area contributed by atoms with Crippen LogP contribution in [0, 0.1) is 0 Å². The van der Waals surface area contributed by atoms with Crippen LogP contribution in [0.15, 0.2) is 158 Å². The van der Waals surface area contributed by atoms with Crippen LogP contribution in [0.25, 0.3) is 66.2 Å². The summed E-state index contributed by atoms with van der Waals surface area (Å²) in [6, 6.07) is 56.7. The Balaban J connectivity index is 1.35. The van der Waals surface area contributed by atoms with Crippen LogP contribution in [0.4, 0.5) is 0 Å². The van der Waals surface area contributed by atoms with Gasteiger partial charge in [-0.05, 0) is 45.5 Å². The van der Waals surface area contributed by atoms with E-state index in [1.165, 1.54) is 53.9 Å². The van der Waals surface area contributed by atoms with Crippen molar-refractivity contribution in [3.63, 3.8) is 0 Å². The van der Waals surface area contributed by atoms with E-state index in [-0.39, 0.29) is 0 Å². The predicted octanol–water partition coefficient (Wildman–Crippen LogP) is 11.0. The average molecular weight is 603 g/mol. The van der Waals surface area contributed by atoms with E-state index in [0.29, 0.717) is 0 Å². The van der Waals surface area contributed by atoms with E-state index >= 15 is 0 Å². The highest BCUT2D eigenvalue weighted by atomic mass is 32.1. The van der Waals surface area contributed by atoms with Gasteiger partial charge in [-0.15, -0.1) is 11.3 Å². The summed E-state index contributed by atoms with van der Waals surface area (Å²) in [5, 5.41) is 1.32. The fraction of sp³-hybridized carbons (Fsp3) is 0.0233. The monoisotopic (exact) mass is 602 g/mol. The number of thiophene rings is 1. The summed E-state index contributed by atoms with van der Waals surface area (Å²) in [5.41, 5.74) is 13.9. The van der Waals surface area contributed by atoms with Crippen molar-refractivity contribution in [1.82, 2.24) is 9.97 Å². The summed E-state index contributed by atoms with van der Waals surface area (Å²) in [5.74, 6) is 0.731. The number of hydrogen-bond acceptors (Lipinski definition) is 3. The summed E-state index contributed by atoms with van der Waals surface area (Å²) in [7, 11) is 0. The third-order valence-electron chi connectivity index (χ3n) is 9.70. The first-order valence-corrected chi connectivity index (χ1v) is 16.5. The molecule has 1 spiro atoms. The number of fused-ring (bicyclic) bond motifs is 12. The summed E-state index contributed by atoms with van der Waals surface area (Å²) >= 11 is 1.94. The minimum Gasteiger partial charge on any atom is -0.228 e. The molecule has 0 aliphatic heterocycles. The highest BCUT2D eigenvalue weighted by Crippen LogP contribution is 2.67. The topological polar surface area (TPSA) is 25.8 Å². The van der Waals surface area contributed by atoms with Crippen LogP contribution in [0.5, 0.6) is 0 Å². The molecule has 0 saturated carbocycles. The summed E-state index contributed by atoms with van der Waals surface area (Å²) < 4.78 is 1.32. The first-order valence-electron chi connectivity index (χ1n) is 15.7. The van der Waals surface area contributed by atoms with Gasteiger partial charge < -0.3 is 0 Å². The second-order valence-corrected chi connectivity index (χ2v) is 13.1. The Kier molecular flexibility index (Phi) is 5.40. The molecule has 46 heavy (non-hydrogen) atoms. The molecule has 214 valence electrons. The Morgan fingerprint density at radius 1 is 0.457 bits per heavy atom.